The van der Waals surface area contributed by atoms with Crippen molar-refractivity contribution in [3.05, 3.63) is 83.4 Å². The van der Waals surface area contributed by atoms with E-state index >= 15 is 0 Å². The smallest absolute Gasteiger partial charge is 0.351 e. The van der Waals surface area contributed by atoms with Crippen LogP contribution in [-0.2, 0) is 9.16 Å². The van der Waals surface area contributed by atoms with Gasteiger partial charge in [-0.15, -0.1) is 0 Å². The summed E-state index contributed by atoms with van der Waals surface area (Å²) in [7, 11) is -2.88. The third-order valence-electron chi connectivity index (χ3n) is 6.71. The molecule has 0 aliphatic carbocycles. The number of anilines is 1. The Bertz CT molecular complexity index is 1150. The van der Waals surface area contributed by atoms with Crippen molar-refractivity contribution in [3.63, 3.8) is 0 Å². The maximum absolute atomic E-state index is 14.1. The van der Waals surface area contributed by atoms with Crippen molar-refractivity contribution in [2.24, 2.45) is 5.92 Å². The summed E-state index contributed by atoms with van der Waals surface area (Å²) >= 11 is 0. The molecule has 0 spiro atoms. The molecule has 0 bridgehead atoms. The highest BCUT2D eigenvalue weighted by Gasteiger charge is 2.52. The number of aliphatic hydroxyl groups is 1. The Balaban J connectivity index is 1.70. The number of aliphatic hydroxyl groups excluding tert-OH is 1. The van der Waals surface area contributed by atoms with Gasteiger partial charge in [0.2, 0.25) is 0 Å². The molecule has 4 rings (SSSR count). The predicted molar refractivity (Wildman–Crippen MR) is 136 cm³/mol. The second kappa shape index (κ2) is 10.0. The van der Waals surface area contributed by atoms with Crippen LogP contribution in [0.2, 0.25) is 5.04 Å². The number of nitrogens with zero attached hydrogens (tertiary/aromatic N) is 2. The SMILES string of the molecule is CC(C)(C)[Si](OC[C@H]1O[C@@H](n2ccc(N)nc2=O)[C@H](O)[C@@H]1CF)(c1ccccc1)c1ccccc1. The summed E-state index contributed by atoms with van der Waals surface area (Å²) in [5.74, 6) is -0.796. The first-order chi connectivity index (χ1) is 16.7. The first-order valence-corrected chi connectivity index (χ1v) is 13.6. The first kappa shape index (κ1) is 25.2. The number of benzene rings is 2. The number of rotatable bonds is 7. The van der Waals surface area contributed by atoms with E-state index in [0.29, 0.717) is 0 Å². The molecule has 2 heterocycles. The van der Waals surface area contributed by atoms with E-state index in [9.17, 15) is 14.3 Å². The van der Waals surface area contributed by atoms with Crippen molar-refractivity contribution >= 4 is 24.5 Å². The highest BCUT2D eigenvalue weighted by atomic mass is 28.4. The van der Waals surface area contributed by atoms with E-state index in [1.165, 1.54) is 12.3 Å². The standard InChI is InChI=1S/C26H32FN3O4Si/c1-26(2,3)35(18-10-6-4-7-11-18,19-12-8-5-9-13-19)33-17-21-20(16-27)23(31)24(34-21)30-15-14-22(28)29-25(30)32/h4-15,20-21,23-24,31H,16-17H2,1-3H3,(H2,28,29,32)/t20-,21-,23-,24-/m1/s1. The van der Waals surface area contributed by atoms with Gasteiger partial charge >= 0.3 is 5.69 Å². The van der Waals surface area contributed by atoms with Gasteiger partial charge in [-0.3, -0.25) is 8.96 Å². The Morgan fingerprint density at radius 1 is 1.09 bits per heavy atom. The maximum Gasteiger partial charge on any atom is 0.351 e. The Morgan fingerprint density at radius 2 is 1.66 bits per heavy atom. The fourth-order valence-electron chi connectivity index (χ4n) is 4.96. The number of hydrogen-bond donors (Lipinski definition) is 2. The lowest BCUT2D eigenvalue weighted by atomic mass is 10.00. The average Bonchev–Trinajstić information content (AvgIpc) is 3.15. The topological polar surface area (TPSA) is 99.6 Å². The second-order valence-electron chi connectivity index (χ2n) is 9.89. The highest BCUT2D eigenvalue weighted by molar-refractivity contribution is 6.99. The quantitative estimate of drug-likeness (QED) is 0.486. The Labute approximate surface area is 205 Å². The zero-order chi connectivity index (χ0) is 25.2. The summed E-state index contributed by atoms with van der Waals surface area (Å²) < 4.78 is 28.2. The lowest BCUT2D eigenvalue weighted by Crippen LogP contribution is -2.67. The van der Waals surface area contributed by atoms with E-state index in [1.54, 1.807) is 0 Å². The number of nitrogen functional groups attached to an aromatic ring is 1. The molecule has 0 amide bonds. The third-order valence-corrected chi connectivity index (χ3v) is 11.7. The molecule has 9 heteroatoms. The largest absolute Gasteiger partial charge is 0.405 e. The molecule has 0 radical (unpaired) electrons. The minimum Gasteiger partial charge on any atom is -0.405 e. The van der Waals surface area contributed by atoms with Gasteiger partial charge in [0.05, 0.1) is 19.4 Å². The van der Waals surface area contributed by atoms with E-state index in [-0.39, 0.29) is 17.5 Å². The molecular formula is C26H32FN3O4Si. The number of alkyl halides is 1. The van der Waals surface area contributed by atoms with Crippen LogP contribution in [0.5, 0.6) is 0 Å². The van der Waals surface area contributed by atoms with Crippen LogP contribution < -0.4 is 21.8 Å². The van der Waals surface area contributed by atoms with Crippen LogP contribution in [0.25, 0.3) is 0 Å². The molecule has 3 N–H and O–H groups in total. The predicted octanol–water partition coefficient (Wildman–Crippen LogP) is 2.25. The molecule has 1 aromatic heterocycles. The monoisotopic (exact) mass is 497 g/mol. The molecule has 1 fully saturated rings. The molecule has 35 heavy (non-hydrogen) atoms. The van der Waals surface area contributed by atoms with Crippen molar-refractivity contribution in [1.29, 1.82) is 0 Å². The van der Waals surface area contributed by atoms with Crippen molar-refractivity contribution in [2.75, 3.05) is 19.0 Å². The van der Waals surface area contributed by atoms with Crippen LogP contribution in [0.4, 0.5) is 10.2 Å². The molecule has 2 aromatic carbocycles. The van der Waals surface area contributed by atoms with Crippen LogP contribution >= 0.6 is 0 Å². The van der Waals surface area contributed by atoms with Gasteiger partial charge in [0.15, 0.2) is 6.23 Å². The van der Waals surface area contributed by atoms with Crippen LogP contribution in [0.3, 0.4) is 0 Å². The summed E-state index contributed by atoms with van der Waals surface area (Å²) in [5.41, 5.74) is 4.92. The summed E-state index contributed by atoms with van der Waals surface area (Å²) in [6, 6.07) is 21.6. The van der Waals surface area contributed by atoms with Gasteiger partial charge in [0.1, 0.15) is 11.9 Å². The van der Waals surface area contributed by atoms with Gasteiger partial charge in [-0.1, -0.05) is 81.4 Å². The zero-order valence-electron chi connectivity index (χ0n) is 20.2. The van der Waals surface area contributed by atoms with Crippen LogP contribution in [0, 0.1) is 5.92 Å². The normalized spacial score (nSPS) is 22.9. The molecular weight excluding hydrogens is 465 g/mol. The number of halogens is 1. The third kappa shape index (κ3) is 4.69. The van der Waals surface area contributed by atoms with Crippen molar-refractivity contribution < 1.29 is 18.7 Å². The minimum absolute atomic E-state index is 0.0621. The van der Waals surface area contributed by atoms with Crippen LogP contribution in [0.15, 0.2) is 77.7 Å². The Hall–Kier alpha value is -2.85. The van der Waals surface area contributed by atoms with Gasteiger partial charge in [-0.25, -0.2) is 4.79 Å². The van der Waals surface area contributed by atoms with Gasteiger partial charge < -0.3 is 20.0 Å². The summed E-state index contributed by atoms with van der Waals surface area (Å²) in [6.07, 6.45) is -1.68. The summed E-state index contributed by atoms with van der Waals surface area (Å²) in [5, 5.41) is 12.8. The van der Waals surface area contributed by atoms with E-state index in [1.807, 2.05) is 36.4 Å². The van der Waals surface area contributed by atoms with Crippen LogP contribution in [-0.4, -0.2) is 48.5 Å². The molecule has 1 aliphatic heterocycles. The van der Waals surface area contributed by atoms with Gasteiger partial charge in [0.25, 0.3) is 8.32 Å². The summed E-state index contributed by atoms with van der Waals surface area (Å²) in [6.45, 7) is 5.70. The Morgan fingerprint density at radius 3 is 2.14 bits per heavy atom. The molecule has 1 aliphatic rings. The molecule has 0 unspecified atom stereocenters. The minimum atomic E-state index is -2.88. The lowest BCUT2D eigenvalue weighted by Gasteiger charge is -2.43. The second-order valence-corrected chi connectivity index (χ2v) is 14.2. The number of ether oxygens (including phenoxy) is 1. The van der Waals surface area contributed by atoms with Crippen molar-refractivity contribution in [2.45, 2.75) is 44.2 Å². The van der Waals surface area contributed by atoms with E-state index in [0.717, 1.165) is 14.9 Å². The van der Waals surface area contributed by atoms with E-state index < -0.39 is 45.0 Å². The molecule has 186 valence electrons. The molecule has 0 saturated carbocycles. The maximum atomic E-state index is 14.1. The lowest BCUT2D eigenvalue weighted by molar-refractivity contribution is -0.0515. The fraction of sp³-hybridized carbons (Fsp3) is 0.385. The van der Waals surface area contributed by atoms with Crippen molar-refractivity contribution in [1.82, 2.24) is 9.55 Å². The molecule has 3 aromatic rings. The summed E-state index contributed by atoms with van der Waals surface area (Å²) in [4.78, 5) is 16.1. The Kier molecular flexibility index (Phi) is 7.23. The van der Waals surface area contributed by atoms with E-state index in [2.05, 4.69) is 50.0 Å². The van der Waals surface area contributed by atoms with Crippen molar-refractivity contribution in [3.8, 4) is 0 Å². The number of nitrogens with two attached hydrogens (primary N) is 1. The highest BCUT2D eigenvalue weighted by Crippen LogP contribution is 2.39. The van der Waals surface area contributed by atoms with Gasteiger partial charge in [-0.2, -0.15) is 4.98 Å². The number of hydrogen-bond acceptors (Lipinski definition) is 6. The average molecular weight is 498 g/mol. The molecule has 4 atom stereocenters. The zero-order valence-corrected chi connectivity index (χ0v) is 21.2. The van der Waals surface area contributed by atoms with Gasteiger partial charge in [-0.05, 0) is 21.5 Å². The fourth-order valence-corrected chi connectivity index (χ4v) is 9.53. The van der Waals surface area contributed by atoms with Crippen LogP contribution in [0.1, 0.15) is 27.0 Å². The van der Waals surface area contributed by atoms with Gasteiger partial charge in [0, 0.05) is 12.1 Å². The first-order valence-electron chi connectivity index (χ1n) is 11.7. The molecule has 7 nitrogen and oxygen atoms in total. The number of aromatic nitrogens is 2. The molecule has 1 saturated heterocycles. The van der Waals surface area contributed by atoms with E-state index in [4.69, 9.17) is 14.9 Å².